The molecule has 0 fully saturated rings. The van der Waals surface area contributed by atoms with Crippen molar-refractivity contribution in [3.05, 3.63) is 57.8 Å². The molecule has 1 aromatic heterocycles. The minimum absolute atomic E-state index is 0.233. The summed E-state index contributed by atoms with van der Waals surface area (Å²) in [6.07, 6.45) is 0. The molecule has 0 aliphatic rings. The van der Waals surface area contributed by atoms with Crippen molar-refractivity contribution < 1.29 is 9.34 Å². The topological polar surface area (TPSA) is 71.5 Å². The molecule has 0 aliphatic carbocycles. The van der Waals surface area contributed by atoms with Crippen molar-refractivity contribution in [2.24, 2.45) is 0 Å². The van der Waals surface area contributed by atoms with Crippen molar-refractivity contribution >= 4 is 11.6 Å². The molecule has 0 aliphatic heterocycles. The summed E-state index contributed by atoms with van der Waals surface area (Å²) in [5, 5.41) is 13.7. The molecule has 106 valence electrons. The van der Waals surface area contributed by atoms with Crippen LogP contribution in [0.4, 0.5) is 11.6 Å². The Balaban J connectivity index is 1.91. The summed E-state index contributed by atoms with van der Waals surface area (Å²) in [5.41, 5.74) is 2.18. The van der Waals surface area contributed by atoms with Gasteiger partial charge in [-0.3, -0.25) is 10.1 Å². The maximum atomic E-state index is 10.5. The maximum Gasteiger partial charge on any atom is 0.433 e. The highest BCUT2D eigenvalue weighted by molar-refractivity contribution is 5.44. The summed E-state index contributed by atoms with van der Waals surface area (Å²) in [6, 6.07) is 11.0. The van der Waals surface area contributed by atoms with Gasteiger partial charge in [-0.15, -0.1) is 0 Å². The van der Waals surface area contributed by atoms with E-state index in [-0.39, 0.29) is 5.88 Å². The van der Waals surface area contributed by atoms with Gasteiger partial charge < -0.3 is 14.6 Å². The molecule has 0 atom stereocenters. The van der Waals surface area contributed by atoms with Gasteiger partial charge in [0.05, 0.1) is 12.6 Å². The average molecular weight is 275 g/mol. The van der Waals surface area contributed by atoms with Gasteiger partial charge in [0, 0.05) is 12.2 Å². The van der Waals surface area contributed by atoms with E-state index in [9.17, 15) is 10.1 Å². The van der Waals surface area contributed by atoms with E-state index in [1.165, 1.54) is 11.6 Å². The standard InChI is InChI=1S/C14H17N3O3/c1-16(2)10-11-3-5-12(6-4-11)15-9-13-7-8-14(20-13)17(18)19/h3-8,15H,9-10H2,1-2H3. The summed E-state index contributed by atoms with van der Waals surface area (Å²) in [5.74, 6) is 0.303. The Hall–Kier alpha value is -2.34. The van der Waals surface area contributed by atoms with Crippen molar-refractivity contribution in [2.45, 2.75) is 13.1 Å². The van der Waals surface area contributed by atoms with Crippen LogP contribution in [0.3, 0.4) is 0 Å². The smallest absolute Gasteiger partial charge is 0.404 e. The molecule has 1 aromatic carbocycles. The van der Waals surface area contributed by atoms with E-state index in [0.717, 1.165) is 12.2 Å². The molecule has 6 heteroatoms. The third-order valence-electron chi connectivity index (χ3n) is 2.75. The van der Waals surface area contributed by atoms with Gasteiger partial charge in [-0.05, 0) is 37.9 Å². The molecular weight excluding hydrogens is 258 g/mol. The zero-order chi connectivity index (χ0) is 14.5. The van der Waals surface area contributed by atoms with Crippen LogP contribution in [0.1, 0.15) is 11.3 Å². The molecule has 1 N–H and O–H groups in total. The van der Waals surface area contributed by atoms with E-state index in [1.807, 2.05) is 38.4 Å². The molecule has 0 unspecified atom stereocenters. The van der Waals surface area contributed by atoms with Crippen LogP contribution in [0.25, 0.3) is 0 Å². The van der Waals surface area contributed by atoms with Gasteiger partial charge in [0.15, 0.2) is 0 Å². The van der Waals surface area contributed by atoms with Crippen molar-refractivity contribution in [1.29, 1.82) is 0 Å². The number of benzene rings is 1. The van der Waals surface area contributed by atoms with Gasteiger partial charge in [-0.2, -0.15) is 0 Å². The first-order valence-electron chi connectivity index (χ1n) is 6.25. The minimum Gasteiger partial charge on any atom is -0.404 e. The van der Waals surface area contributed by atoms with Gasteiger partial charge in [0.1, 0.15) is 10.7 Å². The van der Waals surface area contributed by atoms with E-state index in [0.29, 0.717) is 12.3 Å². The van der Waals surface area contributed by atoms with Crippen LogP contribution in [0, 0.1) is 10.1 Å². The minimum atomic E-state index is -0.542. The second-order valence-electron chi connectivity index (χ2n) is 4.79. The summed E-state index contributed by atoms with van der Waals surface area (Å²) >= 11 is 0. The number of hydrogen-bond donors (Lipinski definition) is 1. The van der Waals surface area contributed by atoms with E-state index in [2.05, 4.69) is 10.2 Å². The number of nitro groups is 1. The second-order valence-corrected chi connectivity index (χ2v) is 4.79. The normalized spacial score (nSPS) is 10.8. The van der Waals surface area contributed by atoms with Gasteiger partial charge in [0.2, 0.25) is 0 Å². The highest BCUT2D eigenvalue weighted by Gasteiger charge is 2.11. The fourth-order valence-electron chi connectivity index (χ4n) is 1.84. The predicted octanol–water partition coefficient (Wildman–Crippen LogP) is 2.86. The van der Waals surface area contributed by atoms with Crippen LogP contribution in [0.15, 0.2) is 40.8 Å². The number of furan rings is 1. The van der Waals surface area contributed by atoms with Crippen molar-refractivity contribution in [3.8, 4) is 0 Å². The molecule has 1 heterocycles. The molecule has 0 saturated carbocycles. The fourth-order valence-corrected chi connectivity index (χ4v) is 1.84. The lowest BCUT2D eigenvalue weighted by atomic mass is 10.2. The van der Waals surface area contributed by atoms with Crippen LogP contribution in [-0.4, -0.2) is 23.9 Å². The molecule has 0 saturated heterocycles. The quantitative estimate of drug-likeness (QED) is 0.648. The predicted molar refractivity (Wildman–Crippen MR) is 76.5 cm³/mol. The number of hydrogen-bond acceptors (Lipinski definition) is 5. The van der Waals surface area contributed by atoms with E-state index in [1.54, 1.807) is 6.07 Å². The summed E-state index contributed by atoms with van der Waals surface area (Å²) < 4.78 is 5.07. The molecule has 2 rings (SSSR count). The third kappa shape index (κ3) is 3.83. The number of nitrogens with zero attached hydrogens (tertiary/aromatic N) is 2. The van der Waals surface area contributed by atoms with Crippen molar-refractivity contribution in [3.63, 3.8) is 0 Å². The van der Waals surface area contributed by atoms with E-state index in [4.69, 9.17) is 4.42 Å². The van der Waals surface area contributed by atoms with Gasteiger partial charge in [-0.1, -0.05) is 12.1 Å². The lowest BCUT2D eigenvalue weighted by Crippen LogP contribution is -2.10. The number of nitrogens with one attached hydrogen (secondary N) is 1. The molecule has 2 aromatic rings. The fraction of sp³-hybridized carbons (Fsp3) is 0.286. The first-order chi connectivity index (χ1) is 9.54. The Bertz CT molecular complexity index is 576. The summed E-state index contributed by atoms with van der Waals surface area (Å²) in [6.45, 7) is 1.31. The summed E-state index contributed by atoms with van der Waals surface area (Å²) in [7, 11) is 4.05. The Kier molecular flexibility index (Phi) is 4.37. The first kappa shape index (κ1) is 14.1. The largest absolute Gasteiger partial charge is 0.433 e. The first-order valence-corrected chi connectivity index (χ1v) is 6.25. The lowest BCUT2D eigenvalue weighted by Gasteiger charge is -2.10. The van der Waals surface area contributed by atoms with Gasteiger partial charge >= 0.3 is 5.88 Å². The molecule has 0 bridgehead atoms. The number of anilines is 1. The van der Waals surface area contributed by atoms with E-state index >= 15 is 0 Å². The Morgan fingerprint density at radius 2 is 1.90 bits per heavy atom. The van der Waals surface area contributed by atoms with E-state index < -0.39 is 4.92 Å². The maximum absolute atomic E-state index is 10.5. The zero-order valence-corrected chi connectivity index (χ0v) is 11.5. The Morgan fingerprint density at radius 1 is 1.20 bits per heavy atom. The molecule has 0 radical (unpaired) electrons. The van der Waals surface area contributed by atoms with Crippen LogP contribution in [0.2, 0.25) is 0 Å². The van der Waals surface area contributed by atoms with Crippen LogP contribution in [0.5, 0.6) is 0 Å². The summed E-state index contributed by atoms with van der Waals surface area (Å²) in [4.78, 5) is 12.1. The highest BCUT2D eigenvalue weighted by Crippen LogP contribution is 2.17. The van der Waals surface area contributed by atoms with Crippen LogP contribution in [-0.2, 0) is 13.1 Å². The molecule has 6 nitrogen and oxygen atoms in total. The van der Waals surface area contributed by atoms with Gasteiger partial charge in [0.25, 0.3) is 0 Å². The third-order valence-corrected chi connectivity index (χ3v) is 2.75. The molecule has 0 amide bonds. The monoisotopic (exact) mass is 275 g/mol. The van der Waals surface area contributed by atoms with Crippen LogP contribution >= 0.6 is 0 Å². The zero-order valence-electron chi connectivity index (χ0n) is 11.5. The Labute approximate surface area is 117 Å². The number of rotatable bonds is 6. The SMILES string of the molecule is CN(C)Cc1ccc(NCc2ccc([N+](=O)[O-])o2)cc1. The van der Waals surface area contributed by atoms with Crippen molar-refractivity contribution in [1.82, 2.24) is 4.90 Å². The molecule has 0 spiro atoms. The highest BCUT2D eigenvalue weighted by atomic mass is 16.6. The Morgan fingerprint density at radius 3 is 2.45 bits per heavy atom. The second kappa shape index (κ2) is 6.21. The molecule has 20 heavy (non-hydrogen) atoms. The van der Waals surface area contributed by atoms with Crippen LogP contribution < -0.4 is 5.32 Å². The molecular formula is C14H17N3O3. The van der Waals surface area contributed by atoms with Gasteiger partial charge in [-0.25, -0.2) is 0 Å². The van der Waals surface area contributed by atoms with Crippen molar-refractivity contribution in [2.75, 3.05) is 19.4 Å². The lowest BCUT2D eigenvalue weighted by molar-refractivity contribution is -0.402. The average Bonchev–Trinajstić information content (AvgIpc) is 2.86.